The number of aryl methyl sites for hydroxylation is 1. The Morgan fingerprint density at radius 2 is 1.67 bits per heavy atom. The van der Waals surface area contributed by atoms with Crippen molar-refractivity contribution in [3.63, 3.8) is 0 Å². The van der Waals surface area contributed by atoms with Gasteiger partial charge in [-0.15, -0.1) is 0 Å². The van der Waals surface area contributed by atoms with E-state index < -0.39 is 0 Å². The fourth-order valence-electron chi connectivity index (χ4n) is 2.12. The summed E-state index contributed by atoms with van der Waals surface area (Å²) in [7, 11) is 1.64. The summed E-state index contributed by atoms with van der Waals surface area (Å²) in [6.07, 6.45) is 1.05. The highest BCUT2D eigenvalue weighted by Gasteiger charge is 2.08. The predicted octanol–water partition coefficient (Wildman–Crippen LogP) is 3.86. The van der Waals surface area contributed by atoms with Gasteiger partial charge in [-0.25, -0.2) is 0 Å². The highest BCUT2D eigenvalue weighted by molar-refractivity contribution is 5.43. The summed E-state index contributed by atoms with van der Waals surface area (Å²) in [5.74, 6) is 1.46. The zero-order chi connectivity index (χ0) is 15.2. The minimum absolute atomic E-state index is 0.0189. The van der Waals surface area contributed by atoms with Crippen molar-refractivity contribution in [2.45, 2.75) is 32.9 Å². The Balaban J connectivity index is 2.08. The molecule has 0 bridgehead atoms. The van der Waals surface area contributed by atoms with E-state index in [1.807, 2.05) is 25.1 Å². The average Bonchev–Trinajstić information content (AvgIpc) is 2.53. The van der Waals surface area contributed by atoms with Crippen molar-refractivity contribution >= 4 is 0 Å². The molecule has 3 heteroatoms. The maximum atomic E-state index is 5.88. The Kier molecular flexibility index (Phi) is 5.23. The molecule has 2 rings (SSSR count). The molecule has 0 aliphatic carbocycles. The monoisotopic (exact) mass is 285 g/mol. The van der Waals surface area contributed by atoms with Crippen molar-refractivity contribution in [3.8, 4) is 11.5 Å². The average molecular weight is 285 g/mol. The highest BCUT2D eigenvalue weighted by atomic mass is 16.5. The van der Waals surface area contributed by atoms with E-state index in [9.17, 15) is 0 Å². The summed E-state index contributed by atoms with van der Waals surface area (Å²) < 4.78 is 11.2. The predicted molar refractivity (Wildman–Crippen MR) is 85.7 cm³/mol. The Morgan fingerprint density at radius 3 is 2.24 bits per heavy atom. The first kappa shape index (κ1) is 15.4. The van der Waals surface area contributed by atoms with E-state index in [4.69, 9.17) is 15.2 Å². The molecule has 0 heterocycles. The molecule has 0 amide bonds. The molecule has 0 spiro atoms. The van der Waals surface area contributed by atoms with E-state index in [1.54, 1.807) is 7.11 Å². The van der Waals surface area contributed by atoms with Gasteiger partial charge in [0, 0.05) is 6.04 Å². The molecule has 2 aromatic rings. The molecule has 0 aromatic heterocycles. The fraction of sp³-hybridized carbons (Fsp3) is 0.333. The summed E-state index contributed by atoms with van der Waals surface area (Å²) in [5.41, 5.74) is 9.39. The molecule has 2 N–H and O–H groups in total. The van der Waals surface area contributed by atoms with Crippen molar-refractivity contribution in [2.75, 3.05) is 7.11 Å². The Morgan fingerprint density at radius 1 is 1.00 bits per heavy atom. The summed E-state index contributed by atoms with van der Waals surface area (Å²) >= 11 is 0. The van der Waals surface area contributed by atoms with Crippen LogP contribution < -0.4 is 15.2 Å². The molecule has 0 fully saturated rings. The SMILES string of the molecule is CCc1ccc(COc2ccc([C@H](C)N)cc2OC)cc1. The van der Waals surface area contributed by atoms with Gasteiger partial charge in [-0.2, -0.15) is 0 Å². The van der Waals surface area contributed by atoms with Crippen molar-refractivity contribution in [1.82, 2.24) is 0 Å². The van der Waals surface area contributed by atoms with Crippen LogP contribution in [0, 0.1) is 0 Å². The molecule has 0 saturated carbocycles. The van der Waals surface area contributed by atoms with Gasteiger partial charge < -0.3 is 15.2 Å². The highest BCUT2D eigenvalue weighted by Crippen LogP contribution is 2.30. The molecule has 112 valence electrons. The Hall–Kier alpha value is -2.00. The second kappa shape index (κ2) is 7.14. The van der Waals surface area contributed by atoms with Crippen LogP contribution in [-0.2, 0) is 13.0 Å². The summed E-state index contributed by atoms with van der Waals surface area (Å²) in [6.45, 7) is 4.62. The number of rotatable bonds is 6. The van der Waals surface area contributed by atoms with E-state index in [0.29, 0.717) is 6.61 Å². The number of methoxy groups -OCH3 is 1. The largest absolute Gasteiger partial charge is 0.493 e. The van der Waals surface area contributed by atoms with Crippen molar-refractivity contribution in [1.29, 1.82) is 0 Å². The Labute approximate surface area is 126 Å². The van der Waals surface area contributed by atoms with Crippen molar-refractivity contribution < 1.29 is 9.47 Å². The maximum absolute atomic E-state index is 5.88. The third kappa shape index (κ3) is 3.99. The van der Waals surface area contributed by atoms with Crippen LogP contribution in [0.25, 0.3) is 0 Å². The molecule has 0 saturated heterocycles. The van der Waals surface area contributed by atoms with E-state index >= 15 is 0 Å². The van der Waals surface area contributed by atoms with Crippen molar-refractivity contribution in [2.24, 2.45) is 5.73 Å². The van der Waals surface area contributed by atoms with Gasteiger partial charge in [0.1, 0.15) is 6.61 Å². The first-order valence-corrected chi connectivity index (χ1v) is 7.28. The first-order chi connectivity index (χ1) is 10.1. The number of benzene rings is 2. The van der Waals surface area contributed by atoms with E-state index in [0.717, 1.165) is 29.0 Å². The molecule has 0 unspecified atom stereocenters. The maximum Gasteiger partial charge on any atom is 0.161 e. The minimum Gasteiger partial charge on any atom is -0.493 e. The molecular weight excluding hydrogens is 262 g/mol. The normalized spacial score (nSPS) is 12.0. The van der Waals surface area contributed by atoms with E-state index in [1.165, 1.54) is 5.56 Å². The van der Waals surface area contributed by atoms with Crippen LogP contribution in [0.15, 0.2) is 42.5 Å². The summed E-state index contributed by atoms with van der Waals surface area (Å²) in [4.78, 5) is 0. The van der Waals surface area contributed by atoms with Gasteiger partial charge in [0.2, 0.25) is 0 Å². The molecule has 0 aliphatic rings. The van der Waals surface area contributed by atoms with Gasteiger partial charge in [-0.1, -0.05) is 37.3 Å². The standard InChI is InChI=1S/C18H23NO2/c1-4-14-5-7-15(8-6-14)12-21-17-10-9-16(13(2)19)11-18(17)20-3/h5-11,13H,4,12,19H2,1-3H3/t13-/m0/s1. The van der Waals surface area contributed by atoms with Crippen LogP contribution in [0.3, 0.4) is 0 Å². The minimum atomic E-state index is -0.0189. The van der Waals surface area contributed by atoms with Crippen LogP contribution >= 0.6 is 0 Å². The summed E-state index contributed by atoms with van der Waals surface area (Å²) in [6, 6.07) is 14.3. The lowest BCUT2D eigenvalue weighted by Gasteiger charge is -2.14. The van der Waals surface area contributed by atoms with Gasteiger partial charge >= 0.3 is 0 Å². The third-order valence-corrected chi connectivity index (χ3v) is 3.54. The smallest absolute Gasteiger partial charge is 0.161 e. The topological polar surface area (TPSA) is 44.5 Å². The lowest BCUT2D eigenvalue weighted by molar-refractivity contribution is 0.284. The molecule has 21 heavy (non-hydrogen) atoms. The number of hydrogen-bond donors (Lipinski definition) is 1. The van der Waals surface area contributed by atoms with Gasteiger partial charge in [0.25, 0.3) is 0 Å². The van der Waals surface area contributed by atoms with Crippen LogP contribution in [0.4, 0.5) is 0 Å². The van der Waals surface area contributed by atoms with Crippen LogP contribution in [-0.4, -0.2) is 7.11 Å². The fourth-order valence-corrected chi connectivity index (χ4v) is 2.12. The number of hydrogen-bond acceptors (Lipinski definition) is 3. The molecule has 3 nitrogen and oxygen atoms in total. The summed E-state index contributed by atoms with van der Waals surface area (Å²) in [5, 5.41) is 0. The second-order valence-corrected chi connectivity index (χ2v) is 5.16. The lowest BCUT2D eigenvalue weighted by atomic mass is 10.1. The van der Waals surface area contributed by atoms with E-state index in [2.05, 4.69) is 31.2 Å². The number of ether oxygens (including phenoxy) is 2. The zero-order valence-electron chi connectivity index (χ0n) is 12.9. The van der Waals surface area contributed by atoms with Gasteiger partial charge in [-0.3, -0.25) is 0 Å². The molecule has 0 aliphatic heterocycles. The second-order valence-electron chi connectivity index (χ2n) is 5.16. The third-order valence-electron chi connectivity index (χ3n) is 3.54. The van der Waals surface area contributed by atoms with Gasteiger partial charge in [0.05, 0.1) is 7.11 Å². The van der Waals surface area contributed by atoms with Crippen LogP contribution in [0.5, 0.6) is 11.5 Å². The zero-order valence-corrected chi connectivity index (χ0v) is 12.9. The van der Waals surface area contributed by atoms with Crippen LogP contribution in [0.2, 0.25) is 0 Å². The lowest BCUT2D eigenvalue weighted by Crippen LogP contribution is -2.05. The molecule has 2 aromatic carbocycles. The number of nitrogens with two attached hydrogens (primary N) is 1. The first-order valence-electron chi connectivity index (χ1n) is 7.28. The molecule has 0 radical (unpaired) electrons. The van der Waals surface area contributed by atoms with Crippen molar-refractivity contribution in [3.05, 3.63) is 59.2 Å². The van der Waals surface area contributed by atoms with Crippen LogP contribution in [0.1, 0.15) is 36.6 Å². The van der Waals surface area contributed by atoms with Gasteiger partial charge in [-0.05, 0) is 42.2 Å². The van der Waals surface area contributed by atoms with Gasteiger partial charge in [0.15, 0.2) is 11.5 Å². The van der Waals surface area contributed by atoms with E-state index in [-0.39, 0.29) is 6.04 Å². The molecular formula is C18H23NO2. The quantitative estimate of drug-likeness (QED) is 0.876. The molecule has 1 atom stereocenters. The Bertz CT molecular complexity index is 576.